The summed E-state index contributed by atoms with van der Waals surface area (Å²) in [5.74, 6) is 0.400. The predicted molar refractivity (Wildman–Crippen MR) is 122 cm³/mol. The van der Waals surface area contributed by atoms with Crippen molar-refractivity contribution in [3.63, 3.8) is 0 Å². The summed E-state index contributed by atoms with van der Waals surface area (Å²) >= 11 is 5.11. The molecule has 8 nitrogen and oxygen atoms in total. The van der Waals surface area contributed by atoms with Crippen LogP contribution < -0.4 is 15.7 Å². The van der Waals surface area contributed by atoms with E-state index in [-0.39, 0.29) is 0 Å². The second-order valence-corrected chi connectivity index (χ2v) is 8.98. The van der Waals surface area contributed by atoms with Gasteiger partial charge in [-0.25, -0.2) is 19.9 Å². The molecular formula is C20H18BrN7OS. The minimum atomic E-state index is 0.315. The molecule has 3 N–H and O–H groups in total. The van der Waals surface area contributed by atoms with E-state index in [1.165, 1.54) is 6.33 Å². The van der Waals surface area contributed by atoms with Gasteiger partial charge in [0.05, 0.1) is 42.1 Å². The van der Waals surface area contributed by atoms with Crippen molar-refractivity contribution in [2.45, 2.75) is 0 Å². The van der Waals surface area contributed by atoms with Crippen molar-refractivity contribution in [2.75, 3.05) is 36.8 Å². The Balaban J connectivity index is 1.61. The van der Waals surface area contributed by atoms with Gasteiger partial charge in [0.2, 0.25) is 0 Å². The van der Waals surface area contributed by atoms with Crippen LogP contribution in [0.2, 0.25) is 0 Å². The topological polar surface area (TPSA) is 108 Å². The largest absolute Gasteiger partial charge is 0.634 e. The van der Waals surface area contributed by atoms with Crippen LogP contribution in [-0.2, 0) is 0 Å². The first-order valence-corrected chi connectivity index (χ1v) is 11.1. The number of pyridine rings is 1. The quantitative estimate of drug-likeness (QED) is 0.430. The molecular weight excluding hydrogens is 466 g/mol. The standard InChI is InChI=1S/C20H18BrN7OS/c21-13-3-1-2-12(8-13)14-9-15(26-19-17(14)18(22)24-11-25-19)16-10-23-20(30-16)27-4-6-28(29)7-5-27/h1-3,8-11,28H,4-7H2,(H2,22,24,25,26). The van der Waals surface area contributed by atoms with E-state index in [9.17, 15) is 5.21 Å². The first-order chi connectivity index (χ1) is 14.6. The highest BCUT2D eigenvalue weighted by Gasteiger charge is 2.20. The number of nitrogens with two attached hydrogens (primary N) is 1. The Morgan fingerprint density at radius 2 is 1.97 bits per heavy atom. The number of hydrogen-bond acceptors (Lipinski definition) is 8. The van der Waals surface area contributed by atoms with E-state index in [0.717, 1.165) is 36.7 Å². The molecule has 1 aliphatic heterocycles. The Morgan fingerprint density at radius 3 is 2.77 bits per heavy atom. The minimum absolute atomic E-state index is 0.315. The number of nitrogens with one attached hydrogen (secondary N) is 1. The SMILES string of the molecule is Nc1ncnc2nc(-c3cnc(N4CC[NH+]([O-])CC4)s3)cc(-c3cccc(Br)c3)c12. The van der Waals surface area contributed by atoms with Crippen molar-refractivity contribution in [2.24, 2.45) is 0 Å². The van der Waals surface area contributed by atoms with Crippen LogP contribution in [0.5, 0.6) is 0 Å². The molecule has 1 saturated heterocycles. The molecule has 0 atom stereocenters. The normalized spacial score (nSPS) is 15.1. The second-order valence-electron chi connectivity index (χ2n) is 7.06. The molecule has 4 heterocycles. The van der Waals surface area contributed by atoms with E-state index in [4.69, 9.17) is 10.7 Å². The zero-order chi connectivity index (χ0) is 20.7. The summed E-state index contributed by atoms with van der Waals surface area (Å²) in [5, 5.41) is 13.5. The first-order valence-electron chi connectivity index (χ1n) is 9.48. The van der Waals surface area contributed by atoms with Gasteiger partial charge in [-0.05, 0) is 29.3 Å². The molecule has 0 bridgehead atoms. The molecule has 0 aliphatic carbocycles. The molecule has 1 fully saturated rings. The maximum absolute atomic E-state index is 11.5. The highest BCUT2D eigenvalue weighted by Crippen LogP contribution is 2.37. The van der Waals surface area contributed by atoms with Crippen LogP contribution >= 0.6 is 27.3 Å². The highest BCUT2D eigenvalue weighted by atomic mass is 79.9. The Morgan fingerprint density at radius 1 is 1.13 bits per heavy atom. The molecule has 5 rings (SSSR count). The second kappa shape index (κ2) is 7.88. The molecule has 152 valence electrons. The number of fused-ring (bicyclic) bond motifs is 1. The zero-order valence-corrected chi connectivity index (χ0v) is 18.3. The van der Waals surface area contributed by atoms with Crippen LogP contribution in [0.3, 0.4) is 0 Å². The van der Waals surface area contributed by atoms with Gasteiger partial charge in [0, 0.05) is 10.7 Å². The van der Waals surface area contributed by atoms with E-state index < -0.39 is 0 Å². The molecule has 0 saturated carbocycles. The van der Waals surface area contributed by atoms with Gasteiger partial charge in [0.15, 0.2) is 10.8 Å². The molecule has 0 radical (unpaired) electrons. The van der Waals surface area contributed by atoms with Gasteiger partial charge < -0.3 is 20.9 Å². The summed E-state index contributed by atoms with van der Waals surface area (Å²) in [6.45, 7) is 2.58. The summed E-state index contributed by atoms with van der Waals surface area (Å²) in [6, 6.07) is 10.0. The van der Waals surface area contributed by atoms with Gasteiger partial charge in [0.1, 0.15) is 12.1 Å². The van der Waals surface area contributed by atoms with Crippen LogP contribution in [0.4, 0.5) is 10.9 Å². The van der Waals surface area contributed by atoms with Gasteiger partial charge in [0.25, 0.3) is 0 Å². The average molecular weight is 484 g/mol. The average Bonchev–Trinajstić information content (AvgIpc) is 3.24. The molecule has 30 heavy (non-hydrogen) atoms. The van der Waals surface area contributed by atoms with Crippen LogP contribution in [0.15, 0.2) is 47.3 Å². The lowest BCUT2D eigenvalue weighted by molar-refractivity contribution is -0.848. The third-order valence-corrected chi connectivity index (χ3v) is 6.68. The summed E-state index contributed by atoms with van der Waals surface area (Å²) in [7, 11) is 0. The summed E-state index contributed by atoms with van der Waals surface area (Å²) in [6.07, 6.45) is 3.27. The first kappa shape index (κ1) is 19.3. The van der Waals surface area contributed by atoms with E-state index in [1.807, 2.05) is 36.5 Å². The number of thiazole rings is 1. The monoisotopic (exact) mass is 483 g/mol. The predicted octanol–water partition coefficient (Wildman–Crippen LogP) is 2.36. The number of piperazine rings is 1. The third-order valence-electron chi connectivity index (χ3n) is 5.11. The van der Waals surface area contributed by atoms with E-state index in [2.05, 4.69) is 35.8 Å². The van der Waals surface area contributed by atoms with Crippen molar-refractivity contribution in [3.05, 3.63) is 52.5 Å². The Bertz CT molecular complexity index is 1220. The fourth-order valence-corrected chi connectivity index (χ4v) is 4.90. The number of halogens is 1. The number of aromatic nitrogens is 4. The Labute approximate surface area is 185 Å². The van der Waals surface area contributed by atoms with E-state index >= 15 is 0 Å². The van der Waals surface area contributed by atoms with Crippen LogP contribution in [-0.4, -0.2) is 46.1 Å². The number of anilines is 2. The van der Waals surface area contributed by atoms with Crippen molar-refractivity contribution >= 4 is 49.2 Å². The van der Waals surface area contributed by atoms with Gasteiger partial charge in [-0.3, -0.25) is 0 Å². The molecule has 4 aromatic rings. The number of hydroxylamine groups is 2. The van der Waals surface area contributed by atoms with E-state index in [0.29, 0.717) is 42.7 Å². The lowest BCUT2D eigenvalue weighted by Gasteiger charge is -2.33. The highest BCUT2D eigenvalue weighted by molar-refractivity contribution is 9.10. The van der Waals surface area contributed by atoms with Crippen molar-refractivity contribution in [3.8, 4) is 21.7 Å². The van der Waals surface area contributed by atoms with Crippen LogP contribution in [0.25, 0.3) is 32.7 Å². The number of rotatable bonds is 3. The van der Waals surface area contributed by atoms with Crippen LogP contribution in [0, 0.1) is 5.21 Å². The summed E-state index contributed by atoms with van der Waals surface area (Å²) in [5.41, 5.74) is 9.44. The smallest absolute Gasteiger partial charge is 0.186 e. The van der Waals surface area contributed by atoms with Gasteiger partial charge >= 0.3 is 0 Å². The number of nitrogens with zero attached hydrogens (tertiary/aromatic N) is 5. The van der Waals surface area contributed by atoms with E-state index in [1.54, 1.807) is 11.3 Å². The Kier molecular flexibility index (Phi) is 5.07. The molecule has 0 unspecified atom stereocenters. The minimum Gasteiger partial charge on any atom is -0.634 e. The Hall–Kier alpha value is -2.66. The molecule has 1 aromatic carbocycles. The van der Waals surface area contributed by atoms with Gasteiger partial charge in [-0.1, -0.05) is 39.4 Å². The molecule has 10 heteroatoms. The lowest BCUT2D eigenvalue weighted by Crippen LogP contribution is -3.10. The lowest BCUT2D eigenvalue weighted by atomic mass is 10.0. The van der Waals surface area contributed by atoms with Gasteiger partial charge in [-0.2, -0.15) is 0 Å². The summed E-state index contributed by atoms with van der Waals surface area (Å²) in [4.78, 5) is 20.9. The fourth-order valence-electron chi connectivity index (χ4n) is 3.57. The maximum atomic E-state index is 11.5. The third kappa shape index (κ3) is 3.63. The van der Waals surface area contributed by atoms with Crippen molar-refractivity contribution < 1.29 is 5.06 Å². The number of benzene rings is 1. The number of hydrogen-bond donors (Lipinski definition) is 2. The molecule has 0 spiro atoms. The summed E-state index contributed by atoms with van der Waals surface area (Å²) < 4.78 is 0.974. The number of quaternary nitrogens is 1. The maximum Gasteiger partial charge on any atom is 0.186 e. The van der Waals surface area contributed by atoms with Crippen LogP contribution in [0.1, 0.15) is 0 Å². The molecule has 0 amide bonds. The molecule has 1 aliphatic rings. The fraction of sp³-hybridized carbons (Fsp3) is 0.200. The zero-order valence-electron chi connectivity index (χ0n) is 15.9. The van der Waals surface area contributed by atoms with Crippen molar-refractivity contribution in [1.29, 1.82) is 0 Å². The molecule has 3 aromatic heterocycles. The van der Waals surface area contributed by atoms with Crippen molar-refractivity contribution in [1.82, 2.24) is 19.9 Å². The van der Waals surface area contributed by atoms with Gasteiger partial charge in [-0.15, -0.1) is 0 Å². The number of nitrogen functional groups attached to an aromatic ring is 1.